The summed E-state index contributed by atoms with van der Waals surface area (Å²) in [5, 5.41) is 0. The van der Waals surface area contributed by atoms with E-state index in [-0.39, 0.29) is 18.7 Å². The molecule has 2 saturated carbocycles. The molecule has 0 bridgehead atoms. The van der Waals surface area contributed by atoms with Crippen molar-refractivity contribution in [2.75, 3.05) is 6.61 Å². The van der Waals surface area contributed by atoms with Crippen LogP contribution >= 0.6 is 0 Å². The third-order valence-corrected chi connectivity index (χ3v) is 11.1. The van der Waals surface area contributed by atoms with Crippen LogP contribution in [0.5, 0.6) is 0 Å². The van der Waals surface area contributed by atoms with Gasteiger partial charge in [-0.15, -0.1) is 0 Å². The first kappa shape index (κ1) is 30.7. The summed E-state index contributed by atoms with van der Waals surface area (Å²) < 4.78 is 63.4. The summed E-state index contributed by atoms with van der Waals surface area (Å²) in [6.45, 7) is 13.5. The van der Waals surface area contributed by atoms with Crippen molar-refractivity contribution in [3.63, 3.8) is 0 Å². The molecule has 2 aliphatic carbocycles. The highest BCUT2D eigenvalue weighted by Crippen LogP contribution is 2.47. The molecule has 6 nitrogen and oxygen atoms in total. The second-order valence-corrected chi connectivity index (χ2v) is 21.4. The average molecular weight is 587 g/mol. The van der Waals surface area contributed by atoms with Crippen LogP contribution in [0, 0.1) is 17.8 Å². The van der Waals surface area contributed by atoms with Gasteiger partial charge in [-0.3, -0.25) is 0 Å². The topological polar surface area (TPSA) is 82.2 Å². The SMILES string of the molecule is CC(C)(C)[S@@](=O)N[C@H](c1nc2ccc([C@H](N)C3CC3)cc2n1COCC[Si](C)(C)C)C1CC(CC(F)(F)F)C1. The normalized spacial score (nSPS) is 23.0. The number of halogens is 3. The first-order valence-corrected chi connectivity index (χ1v) is 19.0. The Morgan fingerprint density at radius 1 is 1.18 bits per heavy atom. The standard InChI is InChI=1S/C28H45F3N4O2SSi/c1-27(2,3)38(36)34-25(21-13-18(14-21)16-28(29,30)31)26-33-22-10-9-20(24(32)19-7-8-19)15-23(22)35(26)17-37-11-12-39(4,5)6/h9-10,15,18-19,21,24-25,34H,7-8,11-14,16-17,32H2,1-6H3/t18?,21?,24-,25+,38-/m1/s1. The van der Waals surface area contributed by atoms with E-state index in [0.29, 0.717) is 31.2 Å². The van der Waals surface area contributed by atoms with Gasteiger partial charge in [0.2, 0.25) is 0 Å². The van der Waals surface area contributed by atoms with Crippen LogP contribution in [-0.4, -0.2) is 39.4 Å². The van der Waals surface area contributed by atoms with Gasteiger partial charge < -0.3 is 15.0 Å². The van der Waals surface area contributed by atoms with Gasteiger partial charge in [-0.2, -0.15) is 13.2 Å². The van der Waals surface area contributed by atoms with Gasteiger partial charge in [-0.05, 0) is 87.9 Å². The van der Waals surface area contributed by atoms with Gasteiger partial charge in [0.05, 0.1) is 32.8 Å². The minimum atomic E-state index is -4.18. The molecule has 0 amide bonds. The van der Waals surface area contributed by atoms with Crippen LogP contribution in [-0.2, 0) is 22.5 Å². The number of nitrogens with zero attached hydrogens (tertiary/aromatic N) is 2. The summed E-state index contributed by atoms with van der Waals surface area (Å²) >= 11 is 0. The number of hydrogen-bond acceptors (Lipinski definition) is 4. The highest BCUT2D eigenvalue weighted by atomic mass is 32.2. The molecule has 11 heteroatoms. The van der Waals surface area contributed by atoms with Crippen molar-refractivity contribution >= 4 is 30.1 Å². The third-order valence-electron chi connectivity index (χ3n) is 7.87. The molecule has 39 heavy (non-hydrogen) atoms. The molecular formula is C28H45F3N4O2SSi. The fourth-order valence-corrected chi connectivity index (χ4v) is 6.84. The van der Waals surface area contributed by atoms with Crippen molar-refractivity contribution in [2.45, 2.75) is 108 Å². The van der Waals surface area contributed by atoms with Crippen molar-refractivity contribution in [1.29, 1.82) is 0 Å². The number of alkyl halides is 3. The molecule has 220 valence electrons. The van der Waals surface area contributed by atoms with Crippen LogP contribution in [0.2, 0.25) is 25.7 Å². The van der Waals surface area contributed by atoms with Gasteiger partial charge in [0.15, 0.2) is 0 Å². The number of nitrogens with two attached hydrogens (primary N) is 1. The zero-order valence-electron chi connectivity index (χ0n) is 24.1. The minimum Gasteiger partial charge on any atom is -0.361 e. The Balaban J connectivity index is 1.68. The van der Waals surface area contributed by atoms with Crippen LogP contribution in [0.4, 0.5) is 13.2 Å². The second kappa shape index (κ2) is 11.5. The van der Waals surface area contributed by atoms with E-state index in [2.05, 4.69) is 30.4 Å². The number of hydrogen-bond donors (Lipinski definition) is 2. The smallest absolute Gasteiger partial charge is 0.361 e. The van der Waals surface area contributed by atoms with Gasteiger partial charge in [0.1, 0.15) is 12.6 Å². The van der Waals surface area contributed by atoms with Crippen LogP contribution in [0.25, 0.3) is 11.0 Å². The van der Waals surface area contributed by atoms with Gasteiger partial charge in [0.25, 0.3) is 0 Å². The van der Waals surface area contributed by atoms with Gasteiger partial charge in [-0.1, -0.05) is 25.7 Å². The summed E-state index contributed by atoms with van der Waals surface area (Å²) in [4.78, 5) is 4.97. The Kier molecular flexibility index (Phi) is 9.08. The van der Waals surface area contributed by atoms with E-state index < -0.39 is 48.4 Å². The number of fused-ring (bicyclic) bond motifs is 1. The summed E-state index contributed by atoms with van der Waals surface area (Å²) in [5.41, 5.74) is 9.26. The molecule has 3 atom stereocenters. The van der Waals surface area contributed by atoms with Gasteiger partial charge in [0, 0.05) is 27.1 Å². The van der Waals surface area contributed by atoms with E-state index in [1.807, 2.05) is 37.5 Å². The lowest BCUT2D eigenvalue weighted by atomic mass is 9.69. The zero-order chi connectivity index (χ0) is 28.8. The molecule has 2 fully saturated rings. The first-order valence-electron chi connectivity index (χ1n) is 14.1. The minimum absolute atomic E-state index is 0.0360. The molecule has 0 radical (unpaired) electrons. The van der Waals surface area contributed by atoms with Crippen LogP contribution < -0.4 is 10.5 Å². The molecule has 1 aromatic carbocycles. The molecule has 4 rings (SSSR count). The lowest BCUT2D eigenvalue weighted by Crippen LogP contribution is -2.43. The van der Waals surface area contributed by atoms with Crippen molar-refractivity contribution in [3.8, 4) is 0 Å². The summed E-state index contributed by atoms with van der Waals surface area (Å²) in [6, 6.07) is 6.61. The molecule has 3 N–H and O–H groups in total. The number of imidazole rings is 1. The monoisotopic (exact) mass is 586 g/mol. The fourth-order valence-electron chi connectivity index (χ4n) is 5.21. The number of rotatable bonds is 12. The molecule has 2 aromatic rings. The lowest BCUT2D eigenvalue weighted by Gasteiger charge is -2.41. The molecule has 2 aliphatic rings. The van der Waals surface area contributed by atoms with Gasteiger partial charge >= 0.3 is 6.18 Å². The summed E-state index contributed by atoms with van der Waals surface area (Å²) in [5.74, 6) is 0.643. The Hall–Kier alpha value is -1.27. The van der Waals surface area contributed by atoms with Crippen molar-refractivity contribution in [3.05, 3.63) is 29.6 Å². The molecule has 0 aliphatic heterocycles. The molecule has 0 unspecified atom stereocenters. The van der Waals surface area contributed by atoms with E-state index in [1.54, 1.807) is 0 Å². The Morgan fingerprint density at radius 2 is 1.85 bits per heavy atom. The Morgan fingerprint density at radius 3 is 2.41 bits per heavy atom. The number of aromatic nitrogens is 2. The fraction of sp³-hybridized carbons (Fsp3) is 0.750. The maximum absolute atomic E-state index is 13.3. The van der Waals surface area contributed by atoms with Crippen LogP contribution in [0.3, 0.4) is 0 Å². The quantitative estimate of drug-likeness (QED) is 0.211. The lowest BCUT2D eigenvalue weighted by molar-refractivity contribution is -0.154. The highest BCUT2D eigenvalue weighted by Gasteiger charge is 2.44. The van der Waals surface area contributed by atoms with E-state index in [1.165, 1.54) is 0 Å². The predicted molar refractivity (Wildman–Crippen MR) is 154 cm³/mol. The maximum Gasteiger partial charge on any atom is 0.389 e. The van der Waals surface area contributed by atoms with Crippen molar-refractivity contribution in [2.24, 2.45) is 23.5 Å². The molecule has 0 spiro atoms. The molecule has 1 heterocycles. The van der Waals surface area contributed by atoms with E-state index in [4.69, 9.17) is 15.5 Å². The zero-order valence-corrected chi connectivity index (χ0v) is 25.9. The van der Waals surface area contributed by atoms with Crippen molar-refractivity contribution in [1.82, 2.24) is 14.3 Å². The highest BCUT2D eigenvalue weighted by molar-refractivity contribution is 7.84. The van der Waals surface area contributed by atoms with E-state index in [0.717, 1.165) is 35.5 Å². The Bertz CT molecular complexity index is 1160. The first-order chi connectivity index (χ1) is 18.0. The summed E-state index contributed by atoms with van der Waals surface area (Å²) in [6.07, 6.45) is -1.87. The average Bonchev–Trinajstić information content (AvgIpc) is 3.56. The number of ether oxygens (including phenoxy) is 1. The number of benzene rings is 1. The van der Waals surface area contributed by atoms with Gasteiger partial charge in [-0.25, -0.2) is 13.9 Å². The summed E-state index contributed by atoms with van der Waals surface area (Å²) in [7, 11) is -2.72. The largest absolute Gasteiger partial charge is 0.389 e. The molecule has 1 aromatic heterocycles. The van der Waals surface area contributed by atoms with Crippen LogP contribution in [0.1, 0.15) is 76.3 Å². The Labute approximate surface area is 234 Å². The number of nitrogens with one attached hydrogen (secondary N) is 1. The molecular weight excluding hydrogens is 541 g/mol. The van der Waals surface area contributed by atoms with Crippen LogP contribution in [0.15, 0.2) is 18.2 Å². The maximum atomic E-state index is 13.3. The second-order valence-electron chi connectivity index (χ2n) is 13.8. The third kappa shape index (κ3) is 8.15. The molecule has 0 saturated heterocycles. The van der Waals surface area contributed by atoms with E-state index >= 15 is 0 Å². The predicted octanol–water partition coefficient (Wildman–Crippen LogP) is 6.83. The van der Waals surface area contributed by atoms with E-state index in [9.17, 15) is 17.4 Å². The van der Waals surface area contributed by atoms with Crippen molar-refractivity contribution < 1.29 is 22.1 Å².